The van der Waals surface area contributed by atoms with Gasteiger partial charge in [-0.2, -0.15) is 0 Å². The third kappa shape index (κ3) is 3.42. The summed E-state index contributed by atoms with van der Waals surface area (Å²) in [6.45, 7) is 3.75. The zero-order valence-electron chi connectivity index (χ0n) is 14.0. The van der Waals surface area contributed by atoms with Crippen LogP contribution in [0.25, 0.3) is 10.9 Å². The predicted molar refractivity (Wildman–Crippen MR) is 93.8 cm³/mol. The number of halogens is 1. The number of hydrogen-bond acceptors (Lipinski definition) is 3. The first-order valence-corrected chi connectivity index (χ1v) is 8.01. The van der Waals surface area contributed by atoms with E-state index in [1.807, 2.05) is 13.8 Å². The Morgan fingerprint density at radius 2 is 1.84 bits per heavy atom. The van der Waals surface area contributed by atoms with Gasteiger partial charge in [0, 0.05) is 6.04 Å². The van der Waals surface area contributed by atoms with E-state index in [4.69, 9.17) is 0 Å². The van der Waals surface area contributed by atoms with Gasteiger partial charge >= 0.3 is 0 Å². The van der Waals surface area contributed by atoms with Crippen LogP contribution in [0.2, 0.25) is 0 Å². The average Bonchev–Trinajstić information content (AvgIpc) is 2.59. The molecule has 1 N–H and O–H groups in total. The van der Waals surface area contributed by atoms with Gasteiger partial charge in [0.15, 0.2) is 0 Å². The Morgan fingerprint density at radius 1 is 1.16 bits per heavy atom. The molecule has 6 heteroatoms. The molecular weight excluding hydrogens is 321 g/mol. The SMILES string of the molecule is CC(C)N(Cc1nc2ccccc2c(=O)[nH]1)C(=O)c1ccccc1F. The molecule has 0 saturated carbocycles. The molecule has 0 radical (unpaired) electrons. The van der Waals surface area contributed by atoms with Crippen LogP contribution in [0.3, 0.4) is 0 Å². The van der Waals surface area contributed by atoms with Crippen LogP contribution >= 0.6 is 0 Å². The lowest BCUT2D eigenvalue weighted by molar-refractivity contribution is 0.0680. The summed E-state index contributed by atoms with van der Waals surface area (Å²) < 4.78 is 14.0. The Labute approximate surface area is 144 Å². The summed E-state index contributed by atoms with van der Waals surface area (Å²) in [7, 11) is 0. The van der Waals surface area contributed by atoms with Crippen molar-refractivity contribution in [3.63, 3.8) is 0 Å². The Morgan fingerprint density at radius 3 is 2.56 bits per heavy atom. The molecule has 1 aromatic heterocycles. The Bertz CT molecular complexity index is 982. The quantitative estimate of drug-likeness (QED) is 0.794. The third-order valence-corrected chi connectivity index (χ3v) is 3.97. The van der Waals surface area contributed by atoms with Gasteiger partial charge in [-0.1, -0.05) is 24.3 Å². The second-order valence-electron chi connectivity index (χ2n) is 6.04. The Kier molecular flexibility index (Phi) is 4.61. The minimum absolute atomic E-state index is 0.000615. The van der Waals surface area contributed by atoms with E-state index in [0.29, 0.717) is 16.7 Å². The van der Waals surface area contributed by atoms with Crippen LogP contribution in [0.15, 0.2) is 53.3 Å². The molecular formula is C19H18FN3O2. The van der Waals surface area contributed by atoms with Crippen LogP contribution in [-0.2, 0) is 6.54 Å². The summed E-state index contributed by atoms with van der Waals surface area (Å²) in [5.74, 6) is -0.649. The first-order chi connectivity index (χ1) is 12.0. The van der Waals surface area contributed by atoms with Crippen molar-refractivity contribution in [1.29, 1.82) is 0 Å². The highest BCUT2D eigenvalue weighted by Gasteiger charge is 2.22. The molecule has 0 bridgehead atoms. The van der Waals surface area contributed by atoms with E-state index in [9.17, 15) is 14.0 Å². The smallest absolute Gasteiger partial charge is 0.258 e. The standard InChI is InChI=1S/C19H18FN3O2/c1-12(2)23(19(25)13-7-3-5-9-15(13)20)11-17-21-16-10-6-4-8-14(16)18(24)22-17/h3-10,12H,11H2,1-2H3,(H,21,22,24). The number of benzene rings is 2. The molecule has 5 nitrogen and oxygen atoms in total. The topological polar surface area (TPSA) is 66.1 Å². The van der Waals surface area contributed by atoms with Gasteiger partial charge in [-0.05, 0) is 38.1 Å². The molecule has 0 saturated heterocycles. The number of H-pyrrole nitrogens is 1. The number of carbonyl (C=O) groups is 1. The van der Waals surface area contributed by atoms with Crippen LogP contribution in [-0.4, -0.2) is 26.8 Å². The highest BCUT2D eigenvalue weighted by atomic mass is 19.1. The number of aromatic nitrogens is 2. The highest BCUT2D eigenvalue weighted by molar-refractivity contribution is 5.94. The van der Waals surface area contributed by atoms with Gasteiger partial charge < -0.3 is 9.88 Å². The first kappa shape index (κ1) is 16.8. The molecule has 2 aromatic carbocycles. The molecule has 0 aliphatic heterocycles. The molecule has 0 fully saturated rings. The van der Waals surface area contributed by atoms with Gasteiger partial charge in [-0.15, -0.1) is 0 Å². The lowest BCUT2D eigenvalue weighted by Crippen LogP contribution is -2.37. The van der Waals surface area contributed by atoms with Gasteiger partial charge in [0.25, 0.3) is 11.5 Å². The molecule has 0 aliphatic rings. The minimum atomic E-state index is -0.571. The number of nitrogens with zero attached hydrogens (tertiary/aromatic N) is 2. The van der Waals surface area contributed by atoms with Gasteiger partial charge in [-0.3, -0.25) is 9.59 Å². The zero-order valence-corrected chi connectivity index (χ0v) is 14.0. The van der Waals surface area contributed by atoms with Crippen molar-refractivity contribution in [2.24, 2.45) is 0 Å². The molecule has 3 rings (SSSR count). The number of carbonyl (C=O) groups excluding carboxylic acids is 1. The fourth-order valence-electron chi connectivity index (χ4n) is 2.65. The zero-order chi connectivity index (χ0) is 18.0. The van der Waals surface area contributed by atoms with Gasteiger partial charge in [0.2, 0.25) is 0 Å². The largest absolute Gasteiger partial charge is 0.329 e. The summed E-state index contributed by atoms with van der Waals surface area (Å²) in [6, 6.07) is 12.7. The monoisotopic (exact) mass is 339 g/mol. The molecule has 1 heterocycles. The molecule has 1 amide bonds. The van der Waals surface area contributed by atoms with E-state index >= 15 is 0 Å². The second kappa shape index (κ2) is 6.84. The summed E-state index contributed by atoms with van der Waals surface area (Å²) in [4.78, 5) is 33.5. The van der Waals surface area contributed by atoms with E-state index in [1.54, 1.807) is 30.3 Å². The van der Waals surface area contributed by atoms with Crippen molar-refractivity contribution >= 4 is 16.8 Å². The number of para-hydroxylation sites is 1. The first-order valence-electron chi connectivity index (χ1n) is 8.01. The number of rotatable bonds is 4. The molecule has 3 aromatic rings. The number of nitrogens with one attached hydrogen (secondary N) is 1. The molecule has 0 atom stereocenters. The number of hydrogen-bond donors (Lipinski definition) is 1. The van der Waals surface area contributed by atoms with Gasteiger partial charge in [0.1, 0.15) is 11.6 Å². The minimum Gasteiger partial charge on any atom is -0.329 e. The van der Waals surface area contributed by atoms with Crippen molar-refractivity contribution in [2.75, 3.05) is 0 Å². The maximum atomic E-state index is 14.0. The van der Waals surface area contributed by atoms with E-state index in [2.05, 4.69) is 9.97 Å². The van der Waals surface area contributed by atoms with Crippen molar-refractivity contribution in [1.82, 2.24) is 14.9 Å². The van der Waals surface area contributed by atoms with E-state index < -0.39 is 11.7 Å². The number of amides is 1. The summed E-state index contributed by atoms with van der Waals surface area (Å²) in [6.07, 6.45) is 0. The summed E-state index contributed by atoms with van der Waals surface area (Å²) in [5, 5.41) is 0.489. The maximum absolute atomic E-state index is 14.0. The van der Waals surface area contributed by atoms with Crippen LogP contribution in [0.1, 0.15) is 30.0 Å². The number of aromatic amines is 1. The van der Waals surface area contributed by atoms with Crippen molar-refractivity contribution < 1.29 is 9.18 Å². The van der Waals surface area contributed by atoms with Crippen LogP contribution < -0.4 is 5.56 Å². The summed E-state index contributed by atoms with van der Waals surface area (Å²) in [5.41, 5.74) is 0.297. The van der Waals surface area contributed by atoms with Crippen molar-refractivity contribution in [3.8, 4) is 0 Å². The number of fused-ring (bicyclic) bond motifs is 1. The van der Waals surface area contributed by atoms with Crippen molar-refractivity contribution in [2.45, 2.75) is 26.4 Å². The fraction of sp³-hybridized carbons (Fsp3) is 0.211. The van der Waals surface area contributed by atoms with Crippen molar-refractivity contribution in [3.05, 3.63) is 76.1 Å². The molecule has 25 heavy (non-hydrogen) atoms. The van der Waals surface area contributed by atoms with Gasteiger partial charge in [-0.25, -0.2) is 9.37 Å². The fourth-order valence-corrected chi connectivity index (χ4v) is 2.65. The van der Waals surface area contributed by atoms with Crippen LogP contribution in [0.5, 0.6) is 0 Å². The molecule has 128 valence electrons. The highest BCUT2D eigenvalue weighted by Crippen LogP contribution is 2.15. The normalized spacial score (nSPS) is 11.0. The van der Waals surface area contributed by atoms with Crippen LogP contribution in [0, 0.1) is 5.82 Å². The maximum Gasteiger partial charge on any atom is 0.258 e. The Balaban J connectivity index is 1.97. The predicted octanol–water partition coefficient (Wildman–Crippen LogP) is 3.11. The van der Waals surface area contributed by atoms with Crippen LogP contribution in [0.4, 0.5) is 4.39 Å². The van der Waals surface area contributed by atoms with Gasteiger partial charge in [0.05, 0.1) is 23.0 Å². The van der Waals surface area contributed by atoms with E-state index in [0.717, 1.165) is 0 Å². The average molecular weight is 339 g/mol. The molecule has 0 unspecified atom stereocenters. The lowest BCUT2D eigenvalue weighted by Gasteiger charge is -2.26. The molecule has 0 spiro atoms. The third-order valence-electron chi connectivity index (χ3n) is 3.97. The Hall–Kier alpha value is -3.02. The van der Waals surface area contributed by atoms with E-state index in [-0.39, 0.29) is 23.7 Å². The van der Waals surface area contributed by atoms with E-state index in [1.165, 1.54) is 23.1 Å². The second-order valence-corrected chi connectivity index (χ2v) is 6.04. The summed E-state index contributed by atoms with van der Waals surface area (Å²) >= 11 is 0. The molecule has 0 aliphatic carbocycles. The lowest BCUT2D eigenvalue weighted by atomic mass is 10.1.